The van der Waals surface area contributed by atoms with Gasteiger partial charge in [-0.15, -0.1) is 6.42 Å². The molecule has 2 N–H and O–H groups in total. The smallest absolute Gasteiger partial charge is 0.387 e. The zero-order valence-corrected chi connectivity index (χ0v) is 9.27. The van der Waals surface area contributed by atoms with Crippen LogP contribution in [0.15, 0.2) is 24.3 Å². The van der Waals surface area contributed by atoms with Gasteiger partial charge in [0.2, 0.25) is 0 Å². The quantitative estimate of drug-likeness (QED) is 0.759. The van der Waals surface area contributed by atoms with Crippen molar-refractivity contribution < 1.29 is 23.4 Å². The molecule has 1 atom stereocenters. The molecule has 0 bridgehead atoms. The van der Waals surface area contributed by atoms with Gasteiger partial charge in [-0.2, -0.15) is 8.78 Å². The summed E-state index contributed by atoms with van der Waals surface area (Å²) in [5, 5.41) is 11.6. The van der Waals surface area contributed by atoms with Crippen molar-refractivity contribution in [2.24, 2.45) is 0 Å². The van der Waals surface area contributed by atoms with Crippen molar-refractivity contribution in [3.05, 3.63) is 29.8 Å². The van der Waals surface area contributed by atoms with Crippen LogP contribution in [0.4, 0.5) is 8.78 Å². The van der Waals surface area contributed by atoms with E-state index in [1.54, 1.807) is 0 Å². The largest absolute Gasteiger partial charge is 0.480 e. The molecule has 0 heterocycles. The lowest BCUT2D eigenvalue weighted by Crippen LogP contribution is -2.28. The Balaban J connectivity index is 2.80. The fourth-order valence-electron chi connectivity index (χ4n) is 1.35. The minimum atomic E-state index is -2.91. The molecule has 4 nitrogen and oxygen atoms in total. The van der Waals surface area contributed by atoms with Gasteiger partial charge in [-0.05, 0) is 17.7 Å². The number of hydrogen-bond donors (Lipinski definition) is 2. The number of hydrogen-bond acceptors (Lipinski definition) is 3. The molecule has 0 saturated carbocycles. The van der Waals surface area contributed by atoms with Crippen molar-refractivity contribution in [2.45, 2.75) is 12.7 Å². The summed E-state index contributed by atoms with van der Waals surface area (Å²) >= 11 is 0. The Kier molecular flexibility index (Phi) is 5.08. The average Bonchev–Trinajstić information content (AvgIpc) is 2.30. The van der Waals surface area contributed by atoms with Gasteiger partial charge in [0.25, 0.3) is 0 Å². The molecule has 1 unspecified atom stereocenters. The van der Waals surface area contributed by atoms with Crippen LogP contribution in [0.5, 0.6) is 5.75 Å². The Bertz CT molecular complexity index is 440. The zero-order valence-electron chi connectivity index (χ0n) is 9.27. The van der Waals surface area contributed by atoms with Crippen LogP contribution in [-0.2, 0) is 4.79 Å². The summed E-state index contributed by atoms with van der Waals surface area (Å²) in [7, 11) is 0. The average molecular weight is 255 g/mol. The number of nitrogens with one attached hydrogen (secondary N) is 1. The van der Waals surface area contributed by atoms with Crippen molar-refractivity contribution in [2.75, 3.05) is 6.54 Å². The van der Waals surface area contributed by atoms with E-state index in [0.717, 1.165) is 0 Å². The predicted molar refractivity (Wildman–Crippen MR) is 60.3 cm³/mol. The van der Waals surface area contributed by atoms with Crippen LogP contribution >= 0.6 is 0 Å². The van der Waals surface area contributed by atoms with E-state index in [2.05, 4.69) is 16.0 Å². The summed E-state index contributed by atoms with van der Waals surface area (Å²) in [6.07, 6.45) is 5.03. The van der Waals surface area contributed by atoms with Gasteiger partial charge in [0.05, 0.1) is 6.54 Å². The second kappa shape index (κ2) is 6.57. The highest BCUT2D eigenvalue weighted by molar-refractivity contribution is 5.75. The maximum atomic E-state index is 11.9. The number of carboxylic acid groups (broad SMARTS) is 1. The third-order valence-electron chi connectivity index (χ3n) is 2.09. The SMILES string of the molecule is C#CCNC(C(=O)O)c1ccc(OC(F)F)cc1. The topological polar surface area (TPSA) is 58.6 Å². The fraction of sp³-hybridized carbons (Fsp3) is 0.250. The van der Waals surface area contributed by atoms with Crippen molar-refractivity contribution >= 4 is 5.97 Å². The molecule has 0 amide bonds. The maximum absolute atomic E-state index is 11.9. The number of aliphatic carboxylic acids is 1. The Labute approximate surface area is 103 Å². The minimum absolute atomic E-state index is 0.0326. The Hall–Kier alpha value is -2.13. The summed E-state index contributed by atoms with van der Waals surface area (Å²) in [5.41, 5.74) is 0.402. The number of carboxylic acids is 1. The number of terminal acetylenes is 1. The number of alkyl halides is 2. The Morgan fingerprint density at radius 3 is 2.50 bits per heavy atom. The van der Waals surface area contributed by atoms with Crippen LogP contribution in [0.25, 0.3) is 0 Å². The molecule has 1 aromatic carbocycles. The molecule has 0 aliphatic carbocycles. The molecule has 18 heavy (non-hydrogen) atoms. The lowest BCUT2D eigenvalue weighted by Gasteiger charge is -2.13. The van der Waals surface area contributed by atoms with Gasteiger partial charge >= 0.3 is 12.6 Å². The van der Waals surface area contributed by atoms with E-state index in [-0.39, 0.29) is 12.3 Å². The van der Waals surface area contributed by atoms with Gasteiger partial charge in [-0.1, -0.05) is 18.1 Å². The second-order valence-corrected chi connectivity index (χ2v) is 3.30. The fourth-order valence-corrected chi connectivity index (χ4v) is 1.35. The third-order valence-corrected chi connectivity index (χ3v) is 2.09. The van der Waals surface area contributed by atoms with Crippen molar-refractivity contribution in [3.8, 4) is 18.1 Å². The monoisotopic (exact) mass is 255 g/mol. The lowest BCUT2D eigenvalue weighted by molar-refractivity contribution is -0.139. The molecular formula is C12H11F2NO3. The van der Waals surface area contributed by atoms with Crippen LogP contribution in [0.3, 0.4) is 0 Å². The molecule has 0 aliphatic heterocycles. The first kappa shape index (κ1) is 13.9. The van der Waals surface area contributed by atoms with E-state index in [4.69, 9.17) is 11.5 Å². The summed E-state index contributed by atoms with van der Waals surface area (Å²) in [4.78, 5) is 11.0. The van der Waals surface area contributed by atoms with E-state index in [1.165, 1.54) is 24.3 Å². The number of ether oxygens (including phenoxy) is 1. The number of benzene rings is 1. The normalized spacial score (nSPS) is 11.9. The number of halogens is 2. The van der Waals surface area contributed by atoms with Crippen LogP contribution in [0, 0.1) is 12.3 Å². The van der Waals surface area contributed by atoms with Crippen LogP contribution in [-0.4, -0.2) is 24.2 Å². The first-order chi connectivity index (χ1) is 8.54. The summed E-state index contributed by atoms with van der Waals surface area (Å²) < 4.78 is 28.0. The molecule has 0 radical (unpaired) electrons. The minimum Gasteiger partial charge on any atom is -0.480 e. The van der Waals surface area contributed by atoms with E-state index < -0.39 is 18.6 Å². The molecule has 1 rings (SSSR count). The zero-order chi connectivity index (χ0) is 13.5. The standard InChI is InChI=1S/C12H11F2NO3/c1-2-7-15-10(11(16)17)8-3-5-9(6-4-8)18-12(13)14/h1,3-6,10,12,15H,7H2,(H,16,17). The van der Waals surface area contributed by atoms with Gasteiger partial charge in [0.15, 0.2) is 0 Å². The molecule has 0 aliphatic rings. The molecule has 0 spiro atoms. The van der Waals surface area contributed by atoms with E-state index in [0.29, 0.717) is 5.56 Å². The Morgan fingerprint density at radius 2 is 2.06 bits per heavy atom. The van der Waals surface area contributed by atoms with Crippen LogP contribution < -0.4 is 10.1 Å². The van der Waals surface area contributed by atoms with Crippen molar-refractivity contribution in [3.63, 3.8) is 0 Å². The highest BCUT2D eigenvalue weighted by Crippen LogP contribution is 2.19. The van der Waals surface area contributed by atoms with Gasteiger partial charge in [-0.3, -0.25) is 10.1 Å². The maximum Gasteiger partial charge on any atom is 0.387 e. The van der Waals surface area contributed by atoms with Crippen molar-refractivity contribution in [1.29, 1.82) is 0 Å². The van der Waals surface area contributed by atoms with E-state index in [9.17, 15) is 13.6 Å². The predicted octanol–water partition coefficient (Wildman–Crippen LogP) is 1.64. The lowest BCUT2D eigenvalue weighted by atomic mass is 10.1. The highest BCUT2D eigenvalue weighted by atomic mass is 19.3. The van der Waals surface area contributed by atoms with Crippen molar-refractivity contribution in [1.82, 2.24) is 5.32 Å². The summed E-state index contributed by atoms with van der Waals surface area (Å²) in [6.45, 7) is -2.82. The van der Waals surface area contributed by atoms with E-state index >= 15 is 0 Å². The highest BCUT2D eigenvalue weighted by Gasteiger charge is 2.18. The molecular weight excluding hydrogens is 244 g/mol. The molecule has 0 fully saturated rings. The third kappa shape index (κ3) is 4.03. The van der Waals surface area contributed by atoms with Gasteiger partial charge < -0.3 is 9.84 Å². The second-order valence-electron chi connectivity index (χ2n) is 3.30. The number of rotatable bonds is 6. The summed E-state index contributed by atoms with van der Waals surface area (Å²) in [6, 6.07) is 4.34. The van der Waals surface area contributed by atoms with Gasteiger partial charge in [0, 0.05) is 0 Å². The first-order valence-electron chi connectivity index (χ1n) is 4.99. The van der Waals surface area contributed by atoms with Gasteiger partial charge in [-0.25, -0.2) is 0 Å². The molecule has 0 saturated heterocycles. The first-order valence-corrected chi connectivity index (χ1v) is 4.99. The van der Waals surface area contributed by atoms with Gasteiger partial charge in [0.1, 0.15) is 11.8 Å². The van der Waals surface area contributed by atoms with Crippen LogP contribution in [0.2, 0.25) is 0 Å². The Morgan fingerprint density at radius 1 is 1.44 bits per heavy atom. The molecule has 1 aromatic rings. The summed E-state index contributed by atoms with van der Waals surface area (Å²) in [5.74, 6) is 1.13. The molecule has 6 heteroatoms. The van der Waals surface area contributed by atoms with E-state index in [1.807, 2.05) is 0 Å². The molecule has 96 valence electrons. The van der Waals surface area contributed by atoms with Crippen LogP contribution in [0.1, 0.15) is 11.6 Å². The molecule has 0 aromatic heterocycles. The number of carbonyl (C=O) groups is 1.